The van der Waals surface area contributed by atoms with Crippen LogP contribution >= 0.6 is 0 Å². The minimum absolute atomic E-state index is 0.0641. The lowest BCUT2D eigenvalue weighted by Crippen LogP contribution is -2.45. The number of hydrogen-bond acceptors (Lipinski definition) is 5. The summed E-state index contributed by atoms with van der Waals surface area (Å²) in [5.74, 6) is 1.68. The molecule has 2 aromatic rings. The summed E-state index contributed by atoms with van der Waals surface area (Å²) in [6.07, 6.45) is 5.17. The summed E-state index contributed by atoms with van der Waals surface area (Å²) in [4.78, 5) is 22.7. The minimum Gasteiger partial charge on any atom is -0.338 e. The Balaban J connectivity index is 1.51. The van der Waals surface area contributed by atoms with Gasteiger partial charge >= 0.3 is 0 Å². The van der Waals surface area contributed by atoms with E-state index in [0.717, 1.165) is 37.6 Å². The Labute approximate surface area is 135 Å². The van der Waals surface area contributed by atoms with Gasteiger partial charge in [0.15, 0.2) is 5.82 Å². The molecule has 2 N–H and O–H groups in total. The van der Waals surface area contributed by atoms with Crippen molar-refractivity contribution in [1.82, 2.24) is 30.4 Å². The monoisotopic (exact) mass is 314 g/mol. The number of rotatable bonds is 4. The topological polar surface area (TPSA) is 86.8 Å². The van der Waals surface area contributed by atoms with E-state index in [4.69, 9.17) is 0 Å². The zero-order valence-electron chi connectivity index (χ0n) is 13.5. The number of aromatic amines is 1. The predicted molar refractivity (Wildman–Crippen MR) is 85.8 cm³/mol. The van der Waals surface area contributed by atoms with Crippen molar-refractivity contribution in [1.29, 1.82) is 0 Å². The molecule has 0 bridgehead atoms. The van der Waals surface area contributed by atoms with E-state index in [9.17, 15) is 4.79 Å². The normalized spacial score (nSPS) is 17.2. The molecule has 122 valence electrons. The van der Waals surface area contributed by atoms with E-state index in [-0.39, 0.29) is 11.9 Å². The third kappa shape index (κ3) is 3.73. The summed E-state index contributed by atoms with van der Waals surface area (Å²) in [7, 11) is 0. The second kappa shape index (κ2) is 6.87. The van der Waals surface area contributed by atoms with Crippen LogP contribution in [-0.4, -0.2) is 50.1 Å². The number of aryl methyl sites for hydroxylation is 1. The summed E-state index contributed by atoms with van der Waals surface area (Å²) in [5, 5.41) is 10.6. The van der Waals surface area contributed by atoms with Gasteiger partial charge in [0.2, 0.25) is 0 Å². The molecule has 0 aliphatic carbocycles. The highest BCUT2D eigenvalue weighted by Gasteiger charge is 2.25. The average Bonchev–Trinajstić information content (AvgIpc) is 3.02. The molecule has 3 rings (SSSR count). The Kier molecular flexibility index (Phi) is 4.66. The van der Waals surface area contributed by atoms with Gasteiger partial charge in [-0.15, -0.1) is 0 Å². The standard InChI is InChI=1S/C16H22N6O/c1-11(15-19-12(2)20-21-15)18-14-5-8-22(9-6-14)16(23)13-4-3-7-17-10-13/h3-4,7,10-11,14,18H,5-6,8-9H2,1-2H3,(H,19,20,21). The van der Waals surface area contributed by atoms with Gasteiger partial charge in [0.25, 0.3) is 5.91 Å². The first-order chi connectivity index (χ1) is 11.1. The van der Waals surface area contributed by atoms with Gasteiger partial charge in [-0.05, 0) is 38.8 Å². The van der Waals surface area contributed by atoms with Crippen molar-refractivity contribution in [2.75, 3.05) is 13.1 Å². The lowest BCUT2D eigenvalue weighted by molar-refractivity contribution is 0.0701. The summed E-state index contributed by atoms with van der Waals surface area (Å²) < 4.78 is 0. The van der Waals surface area contributed by atoms with Gasteiger partial charge in [-0.3, -0.25) is 14.9 Å². The summed E-state index contributed by atoms with van der Waals surface area (Å²) in [6, 6.07) is 4.09. The second-order valence-electron chi connectivity index (χ2n) is 5.98. The largest absolute Gasteiger partial charge is 0.338 e. The molecule has 7 heteroatoms. The molecular weight excluding hydrogens is 292 g/mol. The van der Waals surface area contributed by atoms with Gasteiger partial charge in [-0.1, -0.05) is 0 Å². The Morgan fingerprint density at radius 3 is 2.83 bits per heavy atom. The predicted octanol–water partition coefficient (Wildman–Crippen LogP) is 1.46. The summed E-state index contributed by atoms with van der Waals surface area (Å²) in [5.41, 5.74) is 0.656. The molecule has 1 amide bonds. The molecule has 1 fully saturated rings. The van der Waals surface area contributed by atoms with Crippen molar-refractivity contribution in [2.45, 2.75) is 38.8 Å². The first kappa shape index (κ1) is 15.6. The third-order valence-electron chi connectivity index (χ3n) is 4.18. The molecule has 1 saturated heterocycles. The van der Waals surface area contributed by atoms with E-state index in [0.29, 0.717) is 11.6 Å². The lowest BCUT2D eigenvalue weighted by atomic mass is 10.0. The van der Waals surface area contributed by atoms with E-state index in [1.165, 1.54) is 0 Å². The highest BCUT2D eigenvalue weighted by molar-refractivity contribution is 5.93. The number of carbonyl (C=O) groups excluding carboxylic acids is 1. The molecular formula is C16H22N6O. The van der Waals surface area contributed by atoms with E-state index in [1.54, 1.807) is 18.5 Å². The summed E-state index contributed by atoms with van der Waals surface area (Å²) >= 11 is 0. The number of pyridine rings is 1. The van der Waals surface area contributed by atoms with Crippen LogP contribution < -0.4 is 5.32 Å². The van der Waals surface area contributed by atoms with Crippen molar-refractivity contribution in [2.24, 2.45) is 0 Å². The maximum absolute atomic E-state index is 12.4. The zero-order chi connectivity index (χ0) is 16.2. The Morgan fingerprint density at radius 2 is 2.22 bits per heavy atom. The average molecular weight is 314 g/mol. The van der Waals surface area contributed by atoms with Crippen LogP contribution in [0.4, 0.5) is 0 Å². The van der Waals surface area contributed by atoms with Crippen LogP contribution in [0.15, 0.2) is 24.5 Å². The number of amides is 1. The quantitative estimate of drug-likeness (QED) is 0.892. The molecule has 1 atom stereocenters. The van der Waals surface area contributed by atoms with Gasteiger partial charge in [-0.2, -0.15) is 5.10 Å². The van der Waals surface area contributed by atoms with Crippen molar-refractivity contribution >= 4 is 5.91 Å². The Hall–Kier alpha value is -2.28. The molecule has 23 heavy (non-hydrogen) atoms. The van der Waals surface area contributed by atoms with Crippen LogP contribution in [0.3, 0.4) is 0 Å². The van der Waals surface area contributed by atoms with Crippen molar-refractivity contribution in [3.63, 3.8) is 0 Å². The number of nitrogens with one attached hydrogen (secondary N) is 2. The molecule has 0 spiro atoms. The van der Waals surface area contributed by atoms with Gasteiger partial charge in [0.05, 0.1) is 11.6 Å². The van der Waals surface area contributed by atoms with Crippen LogP contribution in [-0.2, 0) is 0 Å². The number of hydrogen-bond donors (Lipinski definition) is 2. The lowest BCUT2D eigenvalue weighted by Gasteiger charge is -2.33. The number of aromatic nitrogens is 4. The van der Waals surface area contributed by atoms with Crippen LogP contribution in [0.5, 0.6) is 0 Å². The summed E-state index contributed by atoms with van der Waals surface area (Å²) in [6.45, 7) is 5.47. The van der Waals surface area contributed by atoms with E-state index in [2.05, 4.69) is 32.4 Å². The van der Waals surface area contributed by atoms with Gasteiger partial charge in [0, 0.05) is 31.5 Å². The fraction of sp³-hybridized carbons (Fsp3) is 0.500. The van der Waals surface area contributed by atoms with Crippen molar-refractivity contribution < 1.29 is 4.79 Å². The minimum atomic E-state index is 0.0641. The number of carbonyl (C=O) groups is 1. The molecule has 1 aliphatic rings. The molecule has 1 aliphatic heterocycles. The number of H-pyrrole nitrogens is 1. The zero-order valence-corrected chi connectivity index (χ0v) is 13.5. The number of likely N-dealkylation sites (tertiary alicyclic amines) is 1. The maximum atomic E-state index is 12.4. The van der Waals surface area contributed by atoms with E-state index >= 15 is 0 Å². The molecule has 7 nitrogen and oxygen atoms in total. The molecule has 1 unspecified atom stereocenters. The van der Waals surface area contributed by atoms with Gasteiger partial charge < -0.3 is 10.2 Å². The SMILES string of the molecule is Cc1nc(C(C)NC2CCN(C(=O)c3cccnc3)CC2)n[nH]1. The second-order valence-corrected chi connectivity index (χ2v) is 5.98. The first-order valence-corrected chi connectivity index (χ1v) is 7.97. The third-order valence-corrected chi connectivity index (χ3v) is 4.18. The fourth-order valence-electron chi connectivity index (χ4n) is 2.90. The number of piperidine rings is 1. The van der Waals surface area contributed by atoms with Crippen LogP contribution in [0.25, 0.3) is 0 Å². The molecule has 0 aromatic carbocycles. The highest BCUT2D eigenvalue weighted by Crippen LogP contribution is 2.17. The molecule has 3 heterocycles. The van der Waals surface area contributed by atoms with Crippen LogP contribution in [0.1, 0.15) is 47.8 Å². The Morgan fingerprint density at radius 1 is 1.43 bits per heavy atom. The fourth-order valence-corrected chi connectivity index (χ4v) is 2.90. The molecule has 0 saturated carbocycles. The van der Waals surface area contributed by atoms with Crippen molar-refractivity contribution in [3.05, 3.63) is 41.7 Å². The first-order valence-electron chi connectivity index (χ1n) is 7.97. The maximum Gasteiger partial charge on any atom is 0.255 e. The number of nitrogens with zero attached hydrogens (tertiary/aromatic N) is 4. The smallest absolute Gasteiger partial charge is 0.255 e. The van der Waals surface area contributed by atoms with Crippen LogP contribution in [0, 0.1) is 6.92 Å². The Bertz CT molecular complexity index is 648. The highest BCUT2D eigenvalue weighted by atomic mass is 16.2. The van der Waals surface area contributed by atoms with E-state index in [1.807, 2.05) is 17.9 Å². The van der Waals surface area contributed by atoms with Crippen molar-refractivity contribution in [3.8, 4) is 0 Å². The van der Waals surface area contributed by atoms with Crippen LogP contribution in [0.2, 0.25) is 0 Å². The van der Waals surface area contributed by atoms with E-state index < -0.39 is 0 Å². The molecule has 2 aromatic heterocycles. The molecule has 0 radical (unpaired) electrons. The van der Waals surface area contributed by atoms with Gasteiger partial charge in [0.1, 0.15) is 5.82 Å². The van der Waals surface area contributed by atoms with Gasteiger partial charge in [-0.25, -0.2) is 4.98 Å².